The first-order valence-corrected chi connectivity index (χ1v) is 6.57. The van der Waals surface area contributed by atoms with Gasteiger partial charge in [-0.15, -0.1) is 0 Å². The van der Waals surface area contributed by atoms with Gasteiger partial charge in [0.25, 0.3) is 0 Å². The predicted octanol–water partition coefficient (Wildman–Crippen LogP) is 2.37. The summed E-state index contributed by atoms with van der Waals surface area (Å²) >= 11 is 0. The van der Waals surface area contributed by atoms with E-state index < -0.39 is 0 Å². The highest BCUT2D eigenvalue weighted by atomic mass is 16.5. The molecule has 0 aliphatic rings. The molecule has 0 aliphatic heterocycles. The maximum atomic E-state index is 5.18. The molecule has 98 valence electrons. The first kappa shape index (κ1) is 14.2. The van der Waals surface area contributed by atoms with Gasteiger partial charge in [0.05, 0.1) is 11.7 Å². The molecular weight excluding hydrogens is 214 g/mol. The van der Waals surface area contributed by atoms with E-state index in [0.29, 0.717) is 6.04 Å². The molecule has 0 saturated carbocycles. The molecule has 1 unspecified atom stereocenters. The highest BCUT2D eigenvalue weighted by Gasteiger charge is 2.14. The van der Waals surface area contributed by atoms with Gasteiger partial charge in [0.1, 0.15) is 0 Å². The van der Waals surface area contributed by atoms with E-state index in [0.717, 1.165) is 39.0 Å². The van der Waals surface area contributed by atoms with Gasteiger partial charge in [0, 0.05) is 26.5 Å². The topological polar surface area (TPSA) is 39.1 Å². The average Bonchev–Trinajstić information content (AvgIpc) is 2.78. The number of aryl methyl sites for hydroxylation is 1. The summed E-state index contributed by atoms with van der Waals surface area (Å²) in [6.45, 7) is 7.16. The zero-order valence-corrected chi connectivity index (χ0v) is 11.3. The SMILES string of the molecule is CCCNC(CCOC)c1ccnn1CCC. The summed E-state index contributed by atoms with van der Waals surface area (Å²) in [5.41, 5.74) is 1.28. The van der Waals surface area contributed by atoms with Crippen molar-refractivity contribution in [1.82, 2.24) is 15.1 Å². The summed E-state index contributed by atoms with van der Waals surface area (Å²) in [6.07, 6.45) is 5.13. The largest absolute Gasteiger partial charge is 0.385 e. The smallest absolute Gasteiger partial charge is 0.0554 e. The van der Waals surface area contributed by atoms with E-state index in [2.05, 4.69) is 35.0 Å². The van der Waals surface area contributed by atoms with E-state index in [-0.39, 0.29) is 0 Å². The van der Waals surface area contributed by atoms with E-state index in [1.165, 1.54) is 5.69 Å². The minimum Gasteiger partial charge on any atom is -0.385 e. The highest BCUT2D eigenvalue weighted by molar-refractivity contribution is 5.07. The van der Waals surface area contributed by atoms with Gasteiger partial charge in [-0.1, -0.05) is 13.8 Å². The fraction of sp³-hybridized carbons (Fsp3) is 0.769. The minimum absolute atomic E-state index is 0.351. The molecular formula is C13H25N3O. The summed E-state index contributed by atoms with van der Waals surface area (Å²) in [5, 5.41) is 7.94. The number of methoxy groups -OCH3 is 1. The minimum atomic E-state index is 0.351. The lowest BCUT2D eigenvalue weighted by molar-refractivity contribution is 0.181. The number of hydrogen-bond acceptors (Lipinski definition) is 3. The van der Waals surface area contributed by atoms with Crippen molar-refractivity contribution in [3.05, 3.63) is 18.0 Å². The molecule has 4 nitrogen and oxygen atoms in total. The highest BCUT2D eigenvalue weighted by Crippen LogP contribution is 2.17. The molecule has 1 aromatic rings. The van der Waals surface area contributed by atoms with Crippen molar-refractivity contribution in [2.45, 2.75) is 45.7 Å². The number of aromatic nitrogens is 2. The molecule has 0 spiro atoms. The summed E-state index contributed by atoms with van der Waals surface area (Å²) in [6, 6.07) is 2.46. The van der Waals surface area contributed by atoms with Crippen LogP contribution in [-0.2, 0) is 11.3 Å². The Morgan fingerprint density at radius 2 is 2.24 bits per heavy atom. The molecule has 1 aromatic heterocycles. The number of rotatable bonds is 9. The zero-order valence-electron chi connectivity index (χ0n) is 11.3. The van der Waals surface area contributed by atoms with E-state index >= 15 is 0 Å². The lowest BCUT2D eigenvalue weighted by Gasteiger charge is -2.19. The van der Waals surface area contributed by atoms with Crippen LogP contribution in [0.5, 0.6) is 0 Å². The summed E-state index contributed by atoms with van der Waals surface area (Å²) in [5.74, 6) is 0. The van der Waals surface area contributed by atoms with E-state index in [4.69, 9.17) is 4.74 Å². The first-order chi connectivity index (χ1) is 8.33. The Balaban J connectivity index is 2.68. The van der Waals surface area contributed by atoms with Crippen LogP contribution in [0.2, 0.25) is 0 Å². The van der Waals surface area contributed by atoms with Gasteiger partial charge in [0.2, 0.25) is 0 Å². The van der Waals surface area contributed by atoms with Crippen LogP contribution in [0.25, 0.3) is 0 Å². The van der Waals surface area contributed by atoms with Gasteiger partial charge in [-0.05, 0) is 31.9 Å². The van der Waals surface area contributed by atoms with Gasteiger partial charge >= 0.3 is 0 Å². The number of nitrogens with zero attached hydrogens (tertiary/aromatic N) is 2. The van der Waals surface area contributed by atoms with Crippen LogP contribution in [0.1, 0.15) is 44.8 Å². The van der Waals surface area contributed by atoms with Crippen molar-refractivity contribution >= 4 is 0 Å². The molecule has 0 bridgehead atoms. The predicted molar refractivity (Wildman–Crippen MR) is 70.0 cm³/mol. The van der Waals surface area contributed by atoms with Crippen LogP contribution in [0.15, 0.2) is 12.3 Å². The third-order valence-corrected chi connectivity index (χ3v) is 2.79. The van der Waals surface area contributed by atoms with Gasteiger partial charge in [-0.2, -0.15) is 5.10 Å². The van der Waals surface area contributed by atoms with E-state index in [9.17, 15) is 0 Å². The Hall–Kier alpha value is -0.870. The molecule has 0 aromatic carbocycles. The van der Waals surface area contributed by atoms with Gasteiger partial charge in [-0.25, -0.2) is 0 Å². The van der Waals surface area contributed by atoms with E-state index in [1.807, 2.05) is 6.20 Å². The number of ether oxygens (including phenoxy) is 1. The molecule has 1 N–H and O–H groups in total. The van der Waals surface area contributed by atoms with Crippen molar-refractivity contribution in [2.24, 2.45) is 0 Å². The Morgan fingerprint density at radius 1 is 1.41 bits per heavy atom. The molecule has 17 heavy (non-hydrogen) atoms. The third kappa shape index (κ3) is 4.48. The number of hydrogen-bond donors (Lipinski definition) is 1. The van der Waals surface area contributed by atoms with Crippen molar-refractivity contribution in [2.75, 3.05) is 20.3 Å². The quantitative estimate of drug-likeness (QED) is 0.719. The van der Waals surface area contributed by atoms with Gasteiger partial charge < -0.3 is 10.1 Å². The summed E-state index contributed by atoms with van der Waals surface area (Å²) in [4.78, 5) is 0. The van der Waals surface area contributed by atoms with Crippen molar-refractivity contribution in [3.63, 3.8) is 0 Å². The molecule has 1 rings (SSSR count). The van der Waals surface area contributed by atoms with Crippen LogP contribution in [0.3, 0.4) is 0 Å². The first-order valence-electron chi connectivity index (χ1n) is 6.57. The molecule has 0 aliphatic carbocycles. The second kappa shape index (κ2) is 8.25. The molecule has 1 atom stereocenters. The van der Waals surface area contributed by atoms with Crippen molar-refractivity contribution < 1.29 is 4.74 Å². The molecule has 0 radical (unpaired) electrons. The Bertz CT molecular complexity index is 291. The lowest BCUT2D eigenvalue weighted by atomic mass is 10.1. The van der Waals surface area contributed by atoms with Crippen LogP contribution in [0.4, 0.5) is 0 Å². The summed E-state index contributed by atoms with van der Waals surface area (Å²) < 4.78 is 7.28. The fourth-order valence-electron chi connectivity index (χ4n) is 1.95. The van der Waals surface area contributed by atoms with Crippen molar-refractivity contribution in [3.8, 4) is 0 Å². The standard InChI is InChI=1S/C13H25N3O/c1-4-8-14-12(7-11-17-3)13-6-9-15-16(13)10-5-2/h6,9,12,14H,4-5,7-8,10-11H2,1-3H3. The Labute approximate surface area is 104 Å². The van der Waals surface area contributed by atoms with Gasteiger partial charge in [0.15, 0.2) is 0 Å². The third-order valence-electron chi connectivity index (χ3n) is 2.79. The number of nitrogens with one attached hydrogen (secondary N) is 1. The van der Waals surface area contributed by atoms with Gasteiger partial charge in [-0.3, -0.25) is 4.68 Å². The van der Waals surface area contributed by atoms with Crippen LogP contribution >= 0.6 is 0 Å². The second-order valence-electron chi connectivity index (χ2n) is 4.27. The second-order valence-corrected chi connectivity index (χ2v) is 4.27. The average molecular weight is 239 g/mol. The van der Waals surface area contributed by atoms with Crippen LogP contribution < -0.4 is 5.32 Å². The molecule has 0 saturated heterocycles. The molecule has 0 fully saturated rings. The molecule has 1 heterocycles. The maximum Gasteiger partial charge on any atom is 0.0554 e. The van der Waals surface area contributed by atoms with E-state index in [1.54, 1.807) is 7.11 Å². The molecule has 0 amide bonds. The van der Waals surface area contributed by atoms with Crippen LogP contribution in [0, 0.1) is 0 Å². The summed E-state index contributed by atoms with van der Waals surface area (Å²) in [7, 11) is 1.75. The van der Waals surface area contributed by atoms with Crippen molar-refractivity contribution in [1.29, 1.82) is 0 Å². The maximum absolute atomic E-state index is 5.18. The lowest BCUT2D eigenvalue weighted by Crippen LogP contribution is -2.26. The fourth-order valence-corrected chi connectivity index (χ4v) is 1.95. The zero-order chi connectivity index (χ0) is 12.5. The van der Waals surface area contributed by atoms with Crippen LogP contribution in [-0.4, -0.2) is 30.0 Å². The Kier molecular flexibility index (Phi) is 6.89. The monoisotopic (exact) mass is 239 g/mol. The Morgan fingerprint density at radius 3 is 2.88 bits per heavy atom. The molecule has 4 heteroatoms. The normalized spacial score (nSPS) is 12.9.